The molecule has 0 aliphatic carbocycles. The molecule has 4 heterocycles. The summed E-state index contributed by atoms with van der Waals surface area (Å²) in [6.07, 6.45) is 3.30. The number of aromatic nitrogens is 3. The number of nitrogen functional groups attached to an aromatic ring is 1. The average molecular weight is 397 g/mol. The van der Waals surface area contributed by atoms with Gasteiger partial charge in [-0.2, -0.15) is 0 Å². The van der Waals surface area contributed by atoms with Gasteiger partial charge in [0.2, 0.25) is 0 Å². The number of hydrogen-bond donors (Lipinski definition) is 1. The van der Waals surface area contributed by atoms with E-state index in [0.29, 0.717) is 24.5 Å². The molecule has 146 valence electrons. The van der Waals surface area contributed by atoms with Crippen molar-refractivity contribution in [2.45, 2.75) is 26.8 Å². The third kappa shape index (κ3) is 3.33. The molecule has 7 nitrogen and oxygen atoms in total. The maximum Gasteiger partial charge on any atom is 0.255 e. The van der Waals surface area contributed by atoms with Gasteiger partial charge in [0, 0.05) is 43.4 Å². The summed E-state index contributed by atoms with van der Waals surface area (Å²) >= 11 is 1.66. The normalized spacial score (nSPS) is 16.5. The number of rotatable bonds is 3. The molecule has 0 radical (unpaired) electrons. The Bertz CT molecular complexity index is 1010. The Morgan fingerprint density at radius 1 is 1.21 bits per heavy atom. The number of nitrogens with zero attached hydrogens (tertiary/aromatic N) is 5. The number of fused-ring (bicyclic) bond motifs is 1. The van der Waals surface area contributed by atoms with Crippen LogP contribution in [0.25, 0.3) is 10.2 Å². The monoisotopic (exact) mass is 396 g/mol. The zero-order valence-corrected chi connectivity index (χ0v) is 17.2. The van der Waals surface area contributed by atoms with Crippen molar-refractivity contribution in [2.75, 3.05) is 31.9 Å². The number of pyridine rings is 1. The summed E-state index contributed by atoms with van der Waals surface area (Å²) in [4.78, 5) is 32.4. The SMILES string of the molecule is Cc1sc2nc(C(C)N3CCN(C(=O)c4cccnc4)CC3)nc(N)c2c1C. The standard InChI is InChI=1S/C20H24N6OS/c1-12-14(3)28-19-16(12)17(21)23-18(24-19)13(2)25-7-9-26(10-8-25)20(27)15-5-4-6-22-11-15/h4-6,11,13H,7-10H2,1-3H3,(H2,21,23,24). The van der Waals surface area contributed by atoms with Crippen LogP contribution in [0.5, 0.6) is 0 Å². The summed E-state index contributed by atoms with van der Waals surface area (Å²) in [5.41, 5.74) is 8.04. The van der Waals surface area contributed by atoms with Gasteiger partial charge in [0.05, 0.1) is 17.0 Å². The highest BCUT2D eigenvalue weighted by atomic mass is 32.1. The molecular formula is C20H24N6OS. The number of anilines is 1. The second-order valence-electron chi connectivity index (χ2n) is 7.18. The van der Waals surface area contributed by atoms with Crippen LogP contribution in [0.1, 0.15) is 39.6 Å². The van der Waals surface area contributed by atoms with Gasteiger partial charge in [0.1, 0.15) is 16.5 Å². The maximum absolute atomic E-state index is 12.6. The van der Waals surface area contributed by atoms with Crippen LogP contribution in [-0.4, -0.2) is 56.8 Å². The highest BCUT2D eigenvalue weighted by Gasteiger charge is 2.27. The van der Waals surface area contributed by atoms with E-state index in [4.69, 9.17) is 10.7 Å². The van der Waals surface area contributed by atoms with Gasteiger partial charge >= 0.3 is 0 Å². The molecular weight excluding hydrogens is 372 g/mol. The molecule has 3 aromatic heterocycles. The summed E-state index contributed by atoms with van der Waals surface area (Å²) in [5, 5.41) is 0.977. The van der Waals surface area contributed by atoms with Crippen molar-refractivity contribution < 1.29 is 4.79 Å². The van der Waals surface area contributed by atoms with E-state index in [1.165, 1.54) is 10.4 Å². The first kappa shape index (κ1) is 18.8. The van der Waals surface area contributed by atoms with E-state index >= 15 is 0 Å². The van der Waals surface area contributed by atoms with Gasteiger partial charge in [-0.15, -0.1) is 11.3 Å². The van der Waals surface area contributed by atoms with Gasteiger partial charge in [-0.05, 0) is 38.5 Å². The molecule has 1 atom stereocenters. The lowest BCUT2D eigenvalue weighted by molar-refractivity contribution is 0.0575. The Morgan fingerprint density at radius 2 is 1.96 bits per heavy atom. The van der Waals surface area contributed by atoms with Gasteiger partial charge in [-0.25, -0.2) is 9.97 Å². The predicted octanol–water partition coefficient (Wildman–Crippen LogP) is 2.80. The van der Waals surface area contributed by atoms with Crippen LogP contribution in [-0.2, 0) is 0 Å². The van der Waals surface area contributed by atoms with Gasteiger partial charge in [0.15, 0.2) is 0 Å². The molecule has 2 N–H and O–H groups in total. The number of thiophene rings is 1. The summed E-state index contributed by atoms with van der Waals surface area (Å²) in [7, 11) is 0. The molecule has 1 amide bonds. The average Bonchev–Trinajstić information content (AvgIpc) is 3.01. The first-order valence-electron chi connectivity index (χ1n) is 9.42. The minimum Gasteiger partial charge on any atom is -0.383 e. The smallest absolute Gasteiger partial charge is 0.255 e. The second-order valence-corrected chi connectivity index (χ2v) is 8.38. The van der Waals surface area contributed by atoms with Crippen LogP contribution in [0.3, 0.4) is 0 Å². The Labute approximate surface area is 168 Å². The molecule has 1 aliphatic rings. The number of hydrogen-bond acceptors (Lipinski definition) is 7. The minimum absolute atomic E-state index is 0.0341. The quantitative estimate of drug-likeness (QED) is 0.732. The van der Waals surface area contributed by atoms with E-state index < -0.39 is 0 Å². The fourth-order valence-corrected chi connectivity index (χ4v) is 4.68. The Hall–Kier alpha value is -2.58. The third-order valence-electron chi connectivity index (χ3n) is 5.51. The van der Waals surface area contributed by atoms with Crippen LogP contribution < -0.4 is 5.73 Å². The van der Waals surface area contributed by atoms with Gasteiger partial charge in [0.25, 0.3) is 5.91 Å². The maximum atomic E-state index is 12.6. The fourth-order valence-electron chi connectivity index (χ4n) is 3.63. The van der Waals surface area contributed by atoms with Crippen molar-refractivity contribution >= 4 is 33.3 Å². The molecule has 1 aliphatic heterocycles. The number of nitrogens with two attached hydrogens (primary N) is 1. The van der Waals surface area contributed by atoms with Crippen LogP contribution in [0.4, 0.5) is 5.82 Å². The van der Waals surface area contributed by atoms with Gasteiger partial charge in [-0.1, -0.05) is 0 Å². The number of carbonyl (C=O) groups excluding carboxylic acids is 1. The van der Waals surface area contributed by atoms with Crippen LogP contribution in [0, 0.1) is 13.8 Å². The summed E-state index contributed by atoms with van der Waals surface area (Å²) in [6, 6.07) is 3.64. The van der Waals surface area contributed by atoms with E-state index in [9.17, 15) is 4.79 Å². The third-order valence-corrected chi connectivity index (χ3v) is 6.61. The lowest BCUT2D eigenvalue weighted by Gasteiger charge is -2.37. The van der Waals surface area contributed by atoms with E-state index in [0.717, 1.165) is 29.1 Å². The van der Waals surface area contributed by atoms with Crippen molar-refractivity contribution in [3.05, 3.63) is 46.4 Å². The lowest BCUT2D eigenvalue weighted by Crippen LogP contribution is -2.49. The van der Waals surface area contributed by atoms with Crippen LogP contribution in [0.15, 0.2) is 24.5 Å². The molecule has 3 aromatic rings. The lowest BCUT2D eigenvalue weighted by atomic mass is 10.1. The van der Waals surface area contributed by atoms with Crippen molar-refractivity contribution in [3.63, 3.8) is 0 Å². The van der Waals surface area contributed by atoms with Crippen molar-refractivity contribution in [3.8, 4) is 0 Å². The molecule has 1 saturated heterocycles. The van der Waals surface area contributed by atoms with Crippen molar-refractivity contribution in [1.29, 1.82) is 0 Å². The second kappa shape index (κ2) is 7.44. The van der Waals surface area contributed by atoms with Crippen molar-refractivity contribution in [2.24, 2.45) is 0 Å². The highest BCUT2D eigenvalue weighted by Crippen LogP contribution is 2.33. The van der Waals surface area contributed by atoms with E-state index in [-0.39, 0.29) is 11.9 Å². The summed E-state index contributed by atoms with van der Waals surface area (Å²) in [5.74, 6) is 1.34. The Kier molecular flexibility index (Phi) is 4.99. The number of carbonyl (C=O) groups is 1. The van der Waals surface area contributed by atoms with Crippen LogP contribution >= 0.6 is 11.3 Å². The first-order chi connectivity index (χ1) is 13.5. The van der Waals surface area contributed by atoms with E-state index in [2.05, 4.69) is 35.6 Å². The summed E-state index contributed by atoms with van der Waals surface area (Å²) in [6.45, 7) is 9.15. The molecule has 28 heavy (non-hydrogen) atoms. The molecule has 0 saturated carbocycles. The fraction of sp³-hybridized carbons (Fsp3) is 0.400. The van der Waals surface area contributed by atoms with E-state index in [1.807, 2.05) is 4.90 Å². The molecule has 4 rings (SSSR count). The Morgan fingerprint density at radius 3 is 2.64 bits per heavy atom. The molecule has 0 spiro atoms. The largest absolute Gasteiger partial charge is 0.383 e. The predicted molar refractivity (Wildman–Crippen MR) is 111 cm³/mol. The number of piperazine rings is 1. The highest BCUT2D eigenvalue weighted by molar-refractivity contribution is 7.18. The molecule has 1 unspecified atom stereocenters. The molecule has 0 aromatic carbocycles. The van der Waals surface area contributed by atoms with Crippen LogP contribution in [0.2, 0.25) is 0 Å². The number of amides is 1. The number of aryl methyl sites for hydroxylation is 2. The molecule has 8 heteroatoms. The Balaban J connectivity index is 1.48. The van der Waals surface area contributed by atoms with Gasteiger partial charge in [-0.3, -0.25) is 14.7 Å². The summed E-state index contributed by atoms with van der Waals surface area (Å²) < 4.78 is 0. The topological polar surface area (TPSA) is 88.2 Å². The first-order valence-corrected chi connectivity index (χ1v) is 10.2. The van der Waals surface area contributed by atoms with Crippen molar-refractivity contribution in [1.82, 2.24) is 24.8 Å². The van der Waals surface area contributed by atoms with Gasteiger partial charge < -0.3 is 10.6 Å². The zero-order valence-electron chi connectivity index (χ0n) is 16.3. The molecule has 1 fully saturated rings. The zero-order chi connectivity index (χ0) is 19.8. The minimum atomic E-state index is 0.0341. The molecule has 0 bridgehead atoms. The van der Waals surface area contributed by atoms with E-state index in [1.54, 1.807) is 35.9 Å².